The zero-order valence-corrected chi connectivity index (χ0v) is 16.3. The van der Waals surface area contributed by atoms with E-state index in [-0.39, 0.29) is 5.91 Å². The fraction of sp³-hybridized carbons (Fsp3) is 0.476. The van der Waals surface area contributed by atoms with Crippen molar-refractivity contribution in [3.63, 3.8) is 0 Å². The van der Waals surface area contributed by atoms with E-state index in [0.29, 0.717) is 24.9 Å². The second-order valence-corrected chi connectivity index (χ2v) is 6.90. The van der Waals surface area contributed by atoms with Gasteiger partial charge in [0, 0.05) is 6.04 Å². The van der Waals surface area contributed by atoms with Crippen molar-refractivity contribution >= 4 is 11.7 Å². The van der Waals surface area contributed by atoms with E-state index in [1.165, 1.54) is 31.9 Å². The predicted octanol–water partition coefficient (Wildman–Crippen LogP) is 3.43. The summed E-state index contributed by atoms with van der Waals surface area (Å²) in [4.78, 5) is 20.8. The summed E-state index contributed by atoms with van der Waals surface area (Å²) in [5.74, 6) is 1.97. The largest absolute Gasteiger partial charge is 0.497 e. The van der Waals surface area contributed by atoms with Crippen LogP contribution in [0.5, 0.6) is 11.5 Å². The van der Waals surface area contributed by atoms with Gasteiger partial charge in [-0.15, -0.1) is 0 Å². The zero-order chi connectivity index (χ0) is 19.6. The number of anilines is 1. The molecule has 0 saturated heterocycles. The minimum Gasteiger partial charge on any atom is -0.497 e. The molecule has 2 aromatic rings. The highest BCUT2D eigenvalue weighted by Crippen LogP contribution is 2.20. The van der Waals surface area contributed by atoms with Crippen molar-refractivity contribution in [2.24, 2.45) is 0 Å². The van der Waals surface area contributed by atoms with Gasteiger partial charge in [0.15, 0.2) is 0 Å². The van der Waals surface area contributed by atoms with Gasteiger partial charge in [-0.2, -0.15) is 0 Å². The lowest BCUT2D eigenvalue weighted by Gasteiger charge is -2.16. The Morgan fingerprint density at radius 2 is 1.75 bits per heavy atom. The van der Waals surface area contributed by atoms with Crippen LogP contribution in [0.3, 0.4) is 0 Å². The van der Waals surface area contributed by atoms with E-state index in [1.807, 2.05) is 24.3 Å². The Kier molecular flexibility index (Phi) is 7.46. The molecule has 1 amide bonds. The van der Waals surface area contributed by atoms with Crippen LogP contribution in [0.2, 0.25) is 0 Å². The van der Waals surface area contributed by atoms with Gasteiger partial charge in [-0.3, -0.25) is 4.79 Å². The standard InChI is InChI=1S/C21H28N4O3/c1-27-17-8-10-18(11-9-17)28-13-12-22-21(26)19-14-24-20(15-23-19)25-16-6-4-2-3-5-7-16/h8-11,14-16H,2-7,12-13H2,1H3,(H,22,26)(H,24,25). The third kappa shape index (κ3) is 6.11. The molecule has 1 heterocycles. The zero-order valence-electron chi connectivity index (χ0n) is 16.3. The van der Waals surface area contributed by atoms with Gasteiger partial charge in [0.25, 0.3) is 5.91 Å². The molecule has 0 spiro atoms. The molecule has 7 nitrogen and oxygen atoms in total. The molecule has 7 heteroatoms. The first-order valence-corrected chi connectivity index (χ1v) is 9.88. The van der Waals surface area contributed by atoms with Crippen LogP contribution < -0.4 is 20.1 Å². The number of amides is 1. The van der Waals surface area contributed by atoms with Gasteiger partial charge in [0.2, 0.25) is 0 Å². The molecular formula is C21H28N4O3. The van der Waals surface area contributed by atoms with Crippen LogP contribution in [0.25, 0.3) is 0 Å². The van der Waals surface area contributed by atoms with E-state index >= 15 is 0 Å². The summed E-state index contributed by atoms with van der Waals surface area (Å²) in [6.07, 6.45) is 10.6. The maximum absolute atomic E-state index is 12.2. The first-order valence-electron chi connectivity index (χ1n) is 9.88. The molecule has 0 aliphatic heterocycles. The van der Waals surface area contributed by atoms with Crippen LogP contribution in [-0.2, 0) is 0 Å². The number of hydrogen-bond donors (Lipinski definition) is 2. The lowest BCUT2D eigenvalue weighted by Crippen LogP contribution is -2.29. The maximum Gasteiger partial charge on any atom is 0.271 e. The monoisotopic (exact) mass is 384 g/mol. The Morgan fingerprint density at radius 3 is 2.39 bits per heavy atom. The summed E-state index contributed by atoms with van der Waals surface area (Å²) < 4.78 is 10.7. The fourth-order valence-electron chi connectivity index (χ4n) is 3.25. The van der Waals surface area contributed by atoms with Crippen LogP contribution in [0.1, 0.15) is 49.0 Å². The molecular weight excluding hydrogens is 356 g/mol. The van der Waals surface area contributed by atoms with Crippen molar-refractivity contribution in [1.82, 2.24) is 15.3 Å². The number of nitrogens with zero attached hydrogens (tertiary/aromatic N) is 2. The van der Waals surface area contributed by atoms with E-state index in [9.17, 15) is 4.79 Å². The summed E-state index contributed by atoms with van der Waals surface area (Å²) in [6.45, 7) is 0.751. The molecule has 0 bridgehead atoms. The minimum absolute atomic E-state index is 0.258. The Bertz CT molecular complexity index is 726. The minimum atomic E-state index is -0.258. The summed E-state index contributed by atoms with van der Waals surface area (Å²) in [5, 5.41) is 6.22. The Hall–Kier alpha value is -2.83. The van der Waals surface area contributed by atoms with Gasteiger partial charge in [0.1, 0.15) is 29.6 Å². The quantitative estimate of drug-likeness (QED) is 0.536. The van der Waals surface area contributed by atoms with Crippen LogP contribution in [0, 0.1) is 0 Å². The van der Waals surface area contributed by atoms with Crippen molar-refractivity contribution in [2.75, 3.05) is 25.6 Å². The van der Waals surface area contributed by atoms with Gasteiger partial charge < -0.3 is 20.1 Å². The molecule has 1 aromatic carbocycles. The fourth-order valence-corrected chi connectivity index (χ4v) is 3.25. The van der Waals surface area contributed by atoms with Gasteiger partial charge >= 0.3 is 0 Å². The van der Waals surface area contributed by atoms with Crippen LogP contribution >= 0.6 is 0 Å². The van der Waals surface area contributed by atoms with Crippen molar-refractivity contribution < 1.29 is 14.3 Å². The summed E-state index contributed by atoms with van der Waals surface area (Å²) in [6, 6.07) is 7.76. The second-order valence-electron chi connectivity index (χ2n) is 6.90. The predicted molar refractivity (Wildman–Crippen MR) is 108 cm³/mol. The van der Waals surface area contributed by atoms with E-state index in [4.69, 9.17) is 9.47 Å². The molecule has 2 N–H and O–H groups in total. The average molecular weight is 384 g/mol. The lowest BCUT2D eigenvalue weighted by atomic mass is 10.1. The SMILES string of the molecule is COc1ccc(OCCNC(=O)c2cnc(NC3CCCCCC3)cn2)cc1. The molecule has 28 heavy (non-hydrogen) atoms. The summed E-state index contributed by atoms with van der Waals surface area (Å²) in [5.41, 5.74) is 0.302. The molecule has 0 unspecified atom stereocenters. The number of methoxy groups -OCH3 is 1. The second kappa shape index (κ2) is 10.5. The number of aromatic nitrogens is 2. The van der Waals surface area contributed by atoms with E-state index in [1.54, 1.807) is 13.3 Å². The highest BCUT2D eigenvalue weighted by Gasteiger charge is 2.13. The first-order chi connectivity index (χ1) is 13.7. The molecule has 1 aliphatic rings. The van der Waals surface area contributed by atoms with Crippen molar-refractivity contribution in [3.05, 3.63) is 42.4 Å². The van der Waals surface area contributed by atoms with Gasteiger partial charge in [-0.25, -0.2) is 9.97 Å². The lowest BCUT2D eigenvalue weighted by molar-refractivity contribution is 0.0941. The number of carbonyl (C=O) groups excluding carboxylic acids is 1. The topological polar surface area (TPSA) is 85.4 Å². The smallest absolute Gasteiger partial charge is 0.271 e. The molecule has 1 fully saturated rings. The Balaban J connectivity index is 1.40. The van der Waals surface area contributed by atoms with Crippen molar-refractivity contribution in [2.45, 2.75) is 44.6 Å². The molecule has 1 saturated carbocycles. The third-order valence-electron chi connectivity index (χ3n) is 4.81. The van der Waals surface area contributed by atoms with Crippen LogP contribution in [0.15, 0.2) is 36.7 Å². The summed E-state index contributed by atoms with van der Waals surface area (Å²) >= 11 is 0. The highest BCUT2D eigenvalue weighted by atomic mass is 16.5. The molecule has 0 radical (unpaired) electrons. The Labute approximate surface area is 165 Å². The van der Waals surface area contributed by atoms with E-state index in [0.717, 1.165) is 30.2 Å². The van der Waals surface area contributed by atoms with E-state index in [2.05, 4.69) is 20.6 Å². The number of rotatable bonds is 8. The normalized spacial score (nSPS) is 14.8. The molecule has 150 valence electrons. The molecule has 3 rings (SSSR count). The van der Waals surface area contributed by atoms with E-state index < -0.39 is 0 Å². The number of hydrogen-bond acceptors (Lipinski definition) is 6. The first kappa shape index (κ1) is 19.9. The van der Waals surface area contributed by atoms with Gasteiger partial charge in [-0.1, -0.05) is 25.7 Å². The molecule has 1 aromatic heterocycles. The maximum atomic E-state index is 12.2. The number of nitrogens with one attached hydrogen (secondary N) is 2. The average Bonchev–Trinajstić information content (AvgIpc) is 3.01. The van der Waals surface area contributed by atoms with Gasteiger partial charge in [-0.05, 0) is 37.1 Å². The Morgan fingerprint density at radius 1 is 1.04 bits per heavy atom. The van der Waals surface area contributed by atoms with Crippen molar-refractivity contribution in [3.8, 4) is 11.5 Å². The molecule has 0 atom stereocenters. The summed E-state index contributed by atoms with van der Waals surface area (Å²) in [7, 11) is 1.62. The number of benzene rings is 1. The number of carbonyl (C=O) groups is 1. The third-order valence-corrected chi connectivity index (χ3v) is 4.81. The van der Waals surface area contributed by atoms with Gasteiger partial charge in [0.05, 0.1) is 26.0 Å². The number of ether oxygens (including phenoxy) is 2. The van der Waals surface area contributed by atoms with Crippen LogP contribution in [-0.4, -0.2) is 42.2 Å². The molecule has 1 aliphatic carbocycles. The highest BCUT2D eigenvalue weighted by molar-refractivity contribution is 5.91. The van der Waals surface area contributed by atoms with Crippen molar-refractivity contribution in [1.29, 1.82) is 0 Å². The van der Waals surface area contributed by atoms with Crippen LogP contribution in [0.4, 0.5) is 5.82 Å².